The van der Waals surface area contributed by atoms with E-state index in [9.17, 15) is 10.1 Å². The van der Waals surface area contributed by atoms with Crippen LogP contribution in [0.4, 0.5) is 5.95 Å². The Morgan fingerprint density at radius 1 is 0.937 bits per heavy atom. The Kier molecular flexibility index (Phi) is 15.5. The fourth-order valence-electron chi connectivity index (χ4n) is 7.54. The highest BCUT2D eigenvalue weighted by molar-refractivity contribution is 7.44. The average Bonchev–Trinajstić information content (AvgIpc) is 3.81. The van der Waals surface area contributed by atoms with Crippen LogP contribution in [0.5, 0.6) is 0 Å². The van der Waals surface area contributed by atoms with Crippen molar-refractivity contribution in [2.24, 2.45) is 4.99 Å². The van der Waals surface area contributed by atoms with Gasteiger partial charge in [-0.05, 0) is 62.5 Å². The van der Waals surface area contributed by atoms with Gasteiger partial charge in [-0.25, -0.2) is 14.6 Å². The molecule has 1 aliphatic heterocycles. The second-order valence-corrected chi connectivity index (χ2v) is 24.2. The third-order valence-corrected chi connectivity index (χ3v) is 18.1. The maximum Gasteiger partial charge on any atom is 0.280 e. The monoisotopic (exact) mass is 894 g/mol. The van der Waals surface area contributed by atoms with E-state index in [1.807, 2.05) is 68.7 Å². The summed E-state index contributed by atoms with van der Waals surface area (Å²) in [5, 5.41) is 9.37. The summed E-state index contributed by atoms with van der Waals surface area (Å²) in [6, 6.07) is 32.9. The van der Waals surface area contributed by atoms with Gasteiger partial charge in [-0.1, -0.05) is 112 Å². The summed E-state index contributed by atoms with van der Waals surface area (Å²) in [5.74, 6) is 0.118. The molecule has 63 heavy (non-hydrogen) atoms. The van der Waals surface area contributed by atoms with Gasteiger partial charge in [-0.3, -0.25) is 14.3 Å². The summed E-state index contributed by atoms with van der Waals surface area (Å²) in [4.78, 5) is 31.8. The van der Waals surface area contributed by atoms with Crippen molar-refractivity contribution in [1.82, 2.24) is 29.1 Å². The maximum atomic E-state index is 13.5. The molecule has 0 saturated carbocycles. The van der Waals surface area contributed by atoms with Crippen molar-refractivity contribution >= 4 is 40.3 Å². The number of aromatic nitrogens is 4. The predicted octanol–water partition coefficient (Wildman–Crippen LogP) is 9.30. The van der Waals surface area contributed by atoms with Crippen molar-refractivity contribution in [3.05, 3.63) is 124 Å². The van der Waals surface area contributed by atoms with E-state index in [4.69, 9.17) is 27.9 Å². The number of hydrogen-bond donors (Lipinski definition) is 1. The number of nitrogens with one attached hydrogen (secondary N) is 1. The summed E-state index contributed by atoms with van der Waals surface area (Å²) in [6.07, 6.45) is 0.129. The van der Waals surface area contributed by atoms with Crippen LogP contribution in [0.2, 0.25) is 18.1 Å². The average molecular weight is 895 g/mol. The van der Waals surface area contributed by atoms with Gasteiger partial charge in [-0.15, -0.1) is 0 Å². The molecule has 0 aliphatic carbocycles. The van der Waals surface area contributed by atoms with Gasteiger partial charge in [0, 0.05) is 26.2 Å². The molecule has 3 aromatic carbocycles. The second-order valence-electron chi connectivity index (χ2n) is 18.0. The first-order chi connectivity index (χ1) is 30.0. The third kappa shape index (κ3) is 10.7. The number of rotatable bonds is 19. The smallest absolute Gasteiger partial charge is 0.280 e. The lowest BCUT2D eigenvalue weighted by atomic mass is 9.80. The number of hydrogen-bond acceptors (Lipinski definition) is 11. The first-order valence-electron chi connectivity index (χ1n) is 21.5. The number of aliphatic imine (C=N–C) groups is 1. The lowest BCUT2D eigenvalue weighted by molar-refractivity contribution is -0.0926. The van der Waals surface area contributed by atoms with Crippen molar-refractivity contribution in [3.63, 3.8) is 0 Å². The van der Waals surface area contributed by atoms with Crippen LogP contribution >= 0.6 is 8.53 Å². The SMILES string of the molecule is CC(C)N(C(C)C)P(OCCC#N)O[C@@H]1C(O[Si](C)(C)C(C)(C)C)[C@H](n2cnc3c(=O)[nH]c(N=CN(C)C)nc32)O[C@@H]1COC(c1ccccc1)(c1ccccc1)c1ccccc1. The minimum Gasteiger partial charge on any atom is -0.407 e. The van der Waals surface area contributed by atoms with E-state index in [0.29, 0.717) is 0 Å². The number of ether oxygens (including phenoxy) is 2. The molecule has 336 valence electrons. The Morgan fingerprint density at radius 2 is 1.49 bits per heavy atom. The van der Waals surface area contributed by atoms with Gasteiger partial charge >= 0.3 is 0 Å². The quantitative estimate of drug-likeness (QED) is 0.0211. The van der Waals surface area contributed by atoms with E-state index in [1.54, 1.807) is 22.1 Å². The molecule has 1 saturated heterocycles. The van der Waals surface area contributed by atoms with E-state index >= 15 is 0 Å². The molecule has 0 radical (unpaired) electrons. The van der Waals surface area contributed by atoms with E-state index in [0.717, 1.165) is 16.7 Å². The molecule has 1 aliphatic rings. The van der Waals surface area contributed by atoms with Gasteiger partial charge in [0.2, 0.25) is 5.95 Å². The van der Waals surface area contributed by atoms with Gasteiger partial charge in [0.1, 0.15) is 23.9 Å². The Balaban J connectivity index is 1.56. The summed E-state index contributed by atoms with van der Waals surface area (Å²) in [6.45, 7) is 19.6. The zero-order valence-electron chi connectivity index (χ0n) is 38.4. The number of benzene rings is 3. The number of aromatic amines is 1. The number of H-pyrrole nitrogens is 1. The van der Waals surface area contributed by atoms with Crippen LogP contribution in [0.3, 0.4) is 0 Å². The number of imidazole rings is 1. The Morgan fingerprint density at radius 3 is 1.98 bits per heavy atom. The lowest BCUT2D eigenvalue weighted by Gasteiger charge is -2.42. The van der Waals surface area contributed by atoms with Crippen molar-refractivity contribution < 1.29 is 22.9 Å². The van der Waals surface area contributed by atoms with E-state index in [-0.39, 0.29) is 53.9 Å². The van der Waals surface area contributed by atoms with E-state index < -0.39 is 52.5 Å². The van der Waals surface area contributed by atoms with Crippen molar-refractivity contribution in [1.29, 1.82) is 5.26 Å². The van der Waals surface area contributed by atoms with Crippen molar-refractivity contribution in [2.75, 3.05) is 27.3 Å². The molecule has 14 nitrogen and oxygen atoms in total. The van der Waals surface area contributed by atoms with Gasteiger partial charge in [0.25, 0.3) is 14.1 Å². The Labute approximate surface area is 374 Å². The van der Waals surface area contributed by atoms with E-state index in [1.165, 1.54) is 0 Å². The fraction of sp³-hybridized carbons (Fsp3) is 0.468. The summed E-state index contributed by atoms with van der Waals surface area (Å²) < 4.78 is 40.1. The van der Waals surface area contributed by atoms with Crippen molar-refractivity contribution in [2.45, 2.75) is 115 Å². The summed E-state index contributed by atoms with van der Waals surface area (Å²) >= 11 is 0. The number of nitrogens with zero attached hydrogens (tertiary/aromatic N) is 7. The maximum absolute atomic E-state index is 13.5. The summed E-state index contributed by atoms with van der Waals surface area (Å²) in [5.41, 5.74) is 1.72. The molecule has 5 aromatic rings. The molecule has 0 bridgehead atoms. The third-order valence-electron chi connectivity index (χ3n) is 11.5. The second kappa shape index (κ2) is 20.5. The largest absolute Gasteiger partial charge is 0.407 e. The predicted molar refractivity (Wildman–Crippen MR) is 251 cm³/mol. The molecule has 5 atom stereocenters. The molecule has 2 aromatic heterocycles. The normalized spacial score (nSPS) is 19.1. The molecule has 0 spiro atoms. The van der Waals surface area contributed by atoms with Gasteiger partial charge in [0.15, 0.2) is 25.7 Å². The highest BCUT2D eigenvalue weighted by Crippen LogP contribution is 2.52. The minimum atomic E-state index is -2.62. The molecular weight excluding hydrogens is 832 g/mol. The summed E-state index contributed by atoms with van der Waals surface area (Å²) in [7, 11) is -0.740. The standard InChI is InChI=1S/C47H63N8O6PSi/c1-33(2)55(34(3)4)62(58-29-21-28-48)60-40-38(30-57-47(35-22-15-12-16-23-35,36-24-17-13-18-25-36)37-26-19-14-20-27-37)59-44(41(40)61-63(10,11)46(5,6)7)54-32-49-39-42(54)51-45(52-43(39)56)50-31-53(8)9/h12-20,22-27,31-34,38,40-41,44H,21,29-30H2,1-11H3,(H,51,52,56)/t38-,40+,41?,44-,62?/m1/s1. The molecule has 16 heteroatoms. The van der Waals surface area contributed by atoms with Crippen LogP contribution in [0.25, 0.3) is 11.2 Å². The van der Waals surface area contributed by atoms with Crippen LogP contribution in [0, 0.1) is 11.3 Å². The molecule has 2 unspecified atom stereocenters. The van der Waals surface area contributed by atoms with Crippen LogP contribution in [-0.2, 0) is 28.5 Å². The molecule has 1 N–H and O–H groups in total. The highest BCUT2D eigenvalue weighted by atomic mass is 31.2. The number of fused-ring (bicyclic) bond motifs is 1. The Hall–Kier alpha value is -4.62. The zero-order chi connectivity index (χ0) is 45.5. The topological polar surface area (TPSA) is 152 Å². The lowest BCUT2D eigenvalue weighted by Crippen LogP contribution is -2.50. The molecule has 6 rings (SSSR count). The first-order valence-corrected chi connectivity index (χ1v) is 25.6. The van der Waals surface area contributed by atoms with Crippen LogP contribution < -0.4 is 5.56 Å². The molecule has 0 amide bonds. The van der Waals surface area contributed by atoms with Gasteiger partial charge in [0.05, 0.1) is 38.4 Å². The van der Waals surface area contributed by atoms with Gasteiger partial charge < -0.3 is 27.8 Å². The first kappa shape index (κ1) is 47.8. The highest BCUT2D eigenvalue weighted by Gasteiger charge is 2.54. The van der Waals surface area contributed by atoms with Gasteiger partial charge in [-0.2, -0.15) is 10.2 Å². The molecule has 3 heterocycles. The van der Waals surface area contributed by atoms with Crippen LogP contribution in [0.1, 0.15) is 77.8 Å². The fourth-order valence-corrected chi connectivity index (χ4v) is 10.6. The van der Waals surface area contributed by atoms with Crippen LogP contribution in [-0.4, -0.2) is 101 Å². The molecule has 1 fully saturated rings. The van der Waals surface area contributed by atoms with Crippen molar-refractivity contribution in [3.8, 4) is 6.07 Å². The van der Waals surface area contributed by atoms with E-state index in [2.05, 4.69) is 124 Å². The zero-order valence-corrected chi connectivity index (χ0v) is 40.3. The minimum absolute atomic E-state index is 0.0299. The van der Waals surface area contributed by atoms with Crippen LogP contribution in [0.15, 0.2) is 107 Å². The Bertz CT molecular complexity index is 2260. The molecular formula is C47H63N8O6PSi. The number of nitriles is 1.